The average Bonchev–Trinajstić information content (AvgIpc) is 2.38. The second-order valence-electron chi connectivity index (χ2n) is 4.21. The van der Waals surface area contributed by atoms with Crippen molar-refractivity contribution in [1.29, 1.82) is 0 Å². The molecule has 0 bridgehead atoms. The Morgan fingerprint density at radius 1 is 1.33 bits per heavy atom. The molecule has 0 fully saturated rings. The maximum absolute atomic E-state index is 11.9. The van der Waals surface area contributed by atoms with Crippen LogP contribution in [0, 0.1) is 0 Å². The number of rotatable bonds is 4. The summed E-state index contributed by atoms with van der Waals surface area (Å²) in [6.07, 6.45) is 1.92. The summed E-state index contributed by atoms with van der Waals surface area (Å²) in [6.45, 7) is 2.65. The van der Waals surface area contributed by atoms with Crippen molar-refractivity contribution in [2.24, 2.45) is 0 Å². The maximum atomic E-state index is 11.9. The number of carbonyl (C=O) groups excluding carboxylic acids is 1. The number of hydrogen-bond donors (Lipinski definition) is 2. The van der Waals surface area contributed by atoms with E-state index in [1.807, 2.05) is 24.3 Å². The molecule has 94 valence electrons. The lowest BCUT2D eigenvalue weighted by Crippen LogP contribution is -2.30. The van der Waals surface area contributed by atoms with Crippen LogP contribution in [0.4, 0.5) is 0 Å². The van der Waals surface area contributed by atoms with E-state index in [1.54, 1.807) is 6.07 Å². The number of pyridine rings is 1. The minimum atomic E-state index is -0.345. The van der Waals surface area contributed by atoms with Crippen molar-refractivity contribution in [3.05, 3.63) is 46.2 Å². The molecule has 0 spiro atoms. The SMILES string of the molecule is CCCCNC(=O)c1cc2ccccc2[nH]c1=O. The van der Waals surface area contributed by atoms with Crippen molar-refractivity contribution in [2.75, 3.05) is 6.54 Å². The number of H-pyrrole nitrogens is 1. The van der Waals surface area contributed by atoms with E-state index in [1.165, 1.54) is 0 Å². The van der Waals surface area contributed by atoms with Gasteiger partial charge in [0, 0.05) is 12.1 Å². The van der Waals surface area contributed by atoms with Crippen molar-refractivity contribution in [3.63, 3.8) is 0 Å². The molecule has 0 aliphatic carbocycles. The van der Waals surface area contributed by atoms with Crippen molar-refractivity contribution in [1.82, 2.24) is 10.3 Å². The molecule has 0 aliphatic heterocycles. The van der Waals surface area contributed by atoms with Gasteiger partial charge in [-0.1, -0.05) is 31.5 Å². The fraction of sp³-hybridized carbons (Fsp3) is 0.286. The van der Waals surface area contributed by atoms with Crippen LogP contribution in [0.2, 0.25) is 0 Å². The van der Waals surface area contributed by atoms with E-state index >= 15 is 0 Å². The molecule has 0 saturated carbocycles. The summed E-state index contributed by atoms with van der Waals surface area (Å²) in [5, 5.41) is 3.61. The van der Waals surface area contributed by atoms with Crippen LogP contribution in [0.1, 0.15) is 30.1 Å². The lowest BCUT2D eigenvalue weighted by atomic mass is 10.1. The summed E-state index contributed by atoms with van der Waals surface area (Å²) in [5.74, 6) is -0.310. The Kier molecular flexibility index (Phi) is 3.77. The Morgan fingerprint density at radius 3 is 2.89 bits per heavy atom. The van der Waals surface area contributed by atoms with Gasteiger partial charge in [-0.3, -0.25) is 9.59 Å². The van der Waals surface area contributed by atoms with Crippen molar-refractivity contribution in [3.8, 4) is 0 Å². The summed E-state index contributed by atoms with van der Waals surface area (Å²) in [4.78, 5) is 26.4. The number of nitrogens with one attached hydrogen (secondary N) is 2. The molecule has 0 radical (unpaired) electrons. The molecule has 2 aromatic rings. The molecule has 4 heteroatoms. The van der Waals surface area contributed by atoms with Crippen molar-refractivity contribution < 1.29 is 4.79 Å². The number of benzene rings is 1. The summed E-state index contributed by atoms with van der Waals surface area (Å²) in [7, 11) is 0. The molecule has 1 aromatic heterocycles. The van der Waals surface area contributed by atoms with E-state index in [0.717, 1.165) is 23.7 Å². The van der Waals surface area contributed by atoms with Crippen LogP contribution < -0.4 is 10.9 Å². The van der Waals surface area contributed by atoms with Gasteiger partial charge in [0.25, 0.3) is 11.5 Å². The zero-order valence-electron chi connectivity index (χ0n) is 10.3. The van der Waals surface area contributed by atoms with E-state index < -0.39 is 0 Å². The highest BCUT2D eigenvalue weighted by Gasteiger charge is 2.10. The Morgan fingerprint density at radius 2 is 2.11 bits per heavy atom. The Hall–Kier alpha value is -2.10. The monoisotopic (exact) mass is 244 g/mol. The second kappa shape index (κ2) is 5.49. The number of carbonyl (C=O) groups is 1. The molecule has 0 atom stereocenters. The number of unbranched alkanes of at least 4 members (excludes halogenated alkanes) is 1. The molecule has 1 amide bonds. The second-order valence-corrected chi connectivity index (χ2v) is 4.21. The quantitative estimate of drug-likeness (QED) is 0.809. The van der Waals surface area contributed by atoms with Gasteiger partial charge in [0.1, 0.15) is 5.56 Å². The third kappa shape index (κ3) is 2.59. The molecule has 0 unspecified atom stereocenters. The molecule has 1 heterocycles. The number of hydrogen-bond acceptors (Lipinski definition) is 2. The standard InChI is InChI=1S/C14H16N2O2/c1-2-3-8-15-13(17)11-9-10-6-4-5-7-12(10)16-14(11)18/h4-7,9H,2-3,8H2,1H3,(H,15,17)(H,16,18). The van der Waals surface area contributed by atoms with Crippen LogP contribution >= 0.6 is 0 Å². The molecule has 2 N–H and O–H groups in total. The summed E-state index contributed by atoms with van der Waals surface area (Å²) in [5.41, 5.74) is 0.570. The van der Waals surface area contributed by atoms with Crippen LogP contribution in [0.15, 0.2) is 35.1 Å². The Bertz CT molecular complexity index is 616. The van der Waals surface area contributed by atoms with Gasteiger partial charge in [-0.2, -0.15) is 0 Å². The molecule has 1 aromatic carbocycles. The predicted molar refractivity (Wildman–Crippen MR) is 71.8 cm³/mol. The van der Waals surface area contributed by atoms with Gasteiger partial charge < -0.3 is 10.3 Å². The number of fused-ring (bicyclic) bond motifs is 1. The first kappa shape index (κ1) is 12.4. The van der Waals surface area contributed by atoms with Gasteiger partial charge >= 0.3 is 0 Å². The number of amides is 1. The van der Waals surface area contributed by atoms with Gasteiger partial charge in [-0.25, -0.2) is 0 Å². The molecular weight excluding hydrogens is 228 g/mol. The summed E-state index contributed by atoms with van der Waals surface area (Å²) >= 11 is 0. The lowest BCUT2D eigenvalue weighted by molar-refractivity contribution is 0.0952. The third-order valence-corrected chi connectivity index (χ3v) is 2.81. The number of para-hydroxylation sites is 1. The average molecular weight is 244 g/mol. The number of aromatic amines is 1. The first-order valence-corrected chi connectivity index (χ1v) is 6.12. The van der Waals surface area contributed by atoms with Gasteiger partial charge in [-0.05, 0) is 23.9 Å². The highest BCUT2D eigenvalue weighted by molar-refractivity contribution is 5.97. The van der Waals surface area contributed by atoms with E-state index in [-0.39, 0.29) is 17.0 Å². The van der Waals surface area contributed by atoms with E-state index in [4.69, 9.17) is 0 Å². The normalized spacial score (nSPS) is 10.5. The third-order valence-electron chi connectivity index (χ3n) is 2.81. The number of aromatic nitrogens is 1. The van der Waals surface area contributed by atoms with Gasteiger partial charge in [-0.15, -0.1) is 0 Å². The van der Waals surface area contributed by atoms with Crippen LogP contribution in [-0.2, 0) is 0 Å². The maximum Gasteiger partial charge on any atom is 0.261 e. The first-order valence-electron chi connectivity index (χ1n) is 6.12. The molecule has 4 nitrogen and oxygen atoms in total. The van der Waals surface area contributed by atoms with Crippen LogP contribution in [-0.4, -0.2) is 17.4 Å². The topological polar surface area (TPSA) is 62.0 Å². The minimum Gasteiger partial charge on any atom is -0.352 e. The largest absolute Gasteiger partial charge is 0.352 e. The Labute approximate surface area is 105 Å². The van der Waals surface area contributed by atoms with E-state index in [9.17, 15) is 9.59 Å². The van der Waals surface area contributed by atoms with Crippen molar-refractivity contribution in [2.45, 2.75) is 19.8 Å². The van der Waals surface area contributed by atoms with Crippen LogP contribution in [0.25, 0.3) is 10.9 Å². The highest BCUT2D eigenvalue weighted by Crippen LogP contribution is 2.09. The smallest absolute Gasteiger partial charge is 0.261 e. The first-order chi connectivity index (χ1) is 8.72. The summed E-state index contributed by atoms with van der Waals surface area (Å²) in [6, 6.07) is 9.04. The minimum absolute atomic E-state index is 0.171. The fourth-order valence-corrected chi connectivity index (χ4v) is 1.79. The zero-order chi connectivity index (χ0) is 13.0. The highest BCUT2D eigenvalue weighted by atomic mass is 16.2. The lowest BCUT2D eigenvalue weighted by Gasteiger charge is -2.04. The fourth-order valence-electron chi connectivity index (χ4n) is 1.79. The molecular formula is C14H16N2O2. The zero-order valence-corrected chi connectivity index (χ0v) is 10.3. The van der Waals surface area contributed by atoms with Crippen LogP contribution in [0.5, 0.6) is 0 Å². The van der Waals surface area contributed by atoms with Crippen LogP contribution in [0.3, 0.4) is 0 Å². The van der Waals surface area contributed by atoms with Gasteiger partial charge in [0.2, 0.25) is 0 Å². The molecule has 2 rings (SSSR count). The molecule has 18 heavy (non-hydrogen) atoms. The molecule has 0 saturated heterocycles. The Balaban J connectivity index is 2.30. The molecule has 0 aliphatic rings. The summed E-state index contributed by atoms with van der Waals surface area (Å²) < 4.78 is 0. The predicted octanol–water partition coefficient (Wildman–Crippen LogP) is 2.06. The van der Waals surface area contributed by atoms with Crippen molar-refractivity contribution >= 4 is 16.8 Å². The van der Waals surface area contributed by atoms with E-state index in [2.05, 4.69) is 17.2 Å². The van der Waals surface area contributed by atoms with E-state index in [0.29, 0.717) is 6.54 Å². The van der Waals surface area contributed by atoms with Gasteiger partial charge in [0.15, 0.2) is 0 Å². The van der Waals surface area contributed by atoms with Gasteiger partial charge in [0.05, 0.1) is 0 Å².